The van der Waals surface area contributed by atoms with Crippen LogP contribution < -0.4 is 10.6 Å². The minimum atomic E-state index is -1.07. The van der Waals surface area contributed by atoms with Crippen molar-refractivity contribution in [3.05, 3.63) is 119 Å². The molecule has 3 N–H and O–H groups in total. The summed E-state index contributed by atoms with van der Waals surface area (Å²) in [7, 11) is 0. The molecule has 35 heavy (non-hydrogen) atoms. The monoisotopic (exact) mass is 478 g/mol. The van der Waals surface area contributed by atoms with Crippen molar-refractivity contribution in [3.8, 4) is 0 Å². The third-order valence-electron chi connectivity index (χ3n) is 5.80. The Morgan fingerprint density at radius 2 is 1.46 bits per heavy atom. The first-order chi connectivity index (χ1) is 16.9. The van der Waals surface area contributed by atoms with E-state index < -0.39 is 35.5 Å². The van der Waals surface area contributed by atoms with Gasteiger partial charge in [0.15, 0.2) is 0 Å². The Labute approximate surface area is 201 Å². The van der Waals surface area contributed by atoms with Gasteiger partial charge in [-0.1, -0.05) is 54.6 Å². The molecule has 7 heteroatoms. The molecule has 0 aliphatic heterocycles. The lowest BCUT2D eigenvalue weighted by molar-refractivity contribution is 0.0831. The van der Waals surface area contributed by atoms with Gasteiger partial charge < -0.3 is 15.7 Å². The molecule has 180 valence electrons. The largest absolute Gasteiger partial charge is 0.390 e. The maximum absolute atomic E-state index is 14.2. The minimum absolute atomic E-state index is 0.00622. The number of carbonyl (C=O) groups excluding carboxylic acids is 1. The molecule has 4 aromatic rings. The van der Waals surface area contributed by atoms with Gasteiger partial charge in [-0.3, -0.25) is 4.79 Å². The lowest BCUT2D eigenvalue weighted by atomic mass is 9.99. The molecule has 0 saturated heterocycles. The van der Waals surface area contributed by atoms with E-state index in [1.54, 1.807) is 24.3 Å². The second-order valence-electron chi connectivity index (χ2n) is 8.39. The van der Waals surface area contributed by atoms with E-state index in [0.717, 1.165) is 11.6 Å². The molecule has 4 nitrogen and oxygen atoms in total. The molecule has 0 aliphatic carbocycles. The predicted molar refractivity (Wildman–Crippen MR) is 129 cm³/mol. The van der Waals surface area contributed by atoms with Crippen LogP contribution in [0, 0.1) is 17.5 Å². The molecule has 0 saturated carbocycles. The number of hydrogen-bond acceptors (Lipinski definition) is 3. The molecule has 0 aromatic heterocycles. The van der Waals surface area contributed by atoms with Crippen molar-refractivity contribution < 1.29 is 23.1 Å². The summed E-state index contributed by atoms with van der Waals surface area (Å²) in [5, 5.41) is 17.6. The summed E-state index contributed by atoms with van der Waals surface area (Å²) in [6.45, 7) is 0.623. The quantitative estimate of drug-likeness (QED) is 0.325. The first-order valence-electron chi connectivity index (χ1n) is 11.3. The van der Waals surface area contributed by atoms with E-state index in [0.29, 0.717) is 22.9 Å². The van der Waals surface area contributed by atoms with Gasteiger partial charge in [0.1, 0.15) is 17.5 Å². The molecule has 0 spiro atoms. The van der Waals surface area contributed by atoms with Crippen LogP contribution in [0.5, 0.6) is 0 Å². The lowest BCUT2D eigenvalue weighted by Crippen LogP contribution is -2.48. The van der Waals surface area contributed by atoms with Gasteiger partial charge in [0.25, 0.3) is 5.91 Å². The third-order valence-corrected chi connectivity index (χ3v) is 5.80. The molecule has 0 heterocycles. The van der Waals surface area contributed by atoms with Crippen molar-refractivity contribution in [1.29, 1.82) is 0 Å². The molecule has 0 radical (unpaired) electrons. The highest BCUT2D eigenvalue weighted by Crippen LogP contribution is 2.22. The first kappa shape index (κ1) is 24.4. The van der Waals surface area contributed by atoms with Crippen LogP contribution in [0.15, 0.2) is 84.9 Å². The van der Waals surface area contributed by atoms with Crippen LogP contribution in [-0.4, -0.2) is 29.7 Å². The summed E-state index contributed by atoms with van der Waals surface area (Å²) < 4.78 is 41.8. The second-order valence-corrected chi connectivity index (χ2v) is 8.39. The van der Waals surface area contributed by atoms with Crippen molar-refractivity contribution in [2.45, 2.75) is 25.1 Å². The minimum Gasteiger partial charge on any atom is -0.390 e. The van der Waals surface area contributed by atoms with E-state index in [1.165, 1.54) is 24.3 Å². The molecule has 1 amide bonds. The van der Waals surface area contributed by atoms with Crippen molar-refractivity contribution in [2.24, 2.45) is 0 Å². The number of carbonyl (C=O) groups is 1. The van der Waals surface area contributed by atoms with Crippen LogP contribution in [-0.2, 0) is 13.0 Å². The van der Waals surface area contributed by atoms with Gasteiger partial charge in [0, 0.05) is 30.1 Å². The summed E-state index contributed by atoms with van der Waals surface area (Å²) in [4.78, 5) is 13.2. The van der Waals surface area contributed by atoms with E-state index in [9.17, 15) is 23.1 Å². The smallest absolute Gasteiger partial charge is 0.252 e. The molecule has 0 aliphatic rings. The Morgan fingerprint density at radius 1 is 0.800 bits per heavy atom. The fourth-order valence-corrected chi connectivity index (χ4v) is 4.07. The number of fused-ring (bicyclic) bond motifs is 1. The van der Waals surface area contributed by atoms with Crippen LogP contribution >= 0.6 is 0 Å². The highest BCUT2D eigenvalue weighted by molar-refractivity contribution is 6.07. The van der Waals surface area contributed by atoms with Crippen LogP contribution in [0.4, 0.5) is 13.2 Å². The molecule has 0 unspecified atom stereocenters. The standard InChI is InChI=1S/C28H25F3N2O2/c29-20-12-19(13-21(30)15-20)14-26(27(34)17-32-16-18-6-2-1-3-7-18)33-28(35)24-10-11-25(31)23-9-5-4-8-22(23)24/h1-13,15,26-27,32,34H,14,16-17H2,(H,33,35)/t26-,27-/m0/s1. The third kappa shape index (κ3) is 6.26. The zero-order chi connectivity index (χ0) is 24.8. The number of aliphatic hydroxyl groups is 1. The van der Waals surface area contributed by atoms with Crippen LogP contribution in [0.1, 0.15) is 21.5 Å². The maximum atomic E-state index is 14.2. The van der Waals surface area contributed by atoms with Crippen molar-refractivity contribution >= 4 is 16.7 Å². The van der Waals surface area contributed by atoms with Gasteiger partial charge in [-0.15, -0.1) is 0 Å². The highest BCUT2D eigenvalue weighted by atomic mass is 19.1. The molecule has 2 atom stereocenters. The first-order valence-corrected chi connectivity index (χ1v) is 11.3. The predicted octanol–water partition coefficient (Wildman–Crippen LogP) is 4.75. The number of benzene rings is 4. The van der Waals surface area contributed by atoms with E-state index >= 15 is 0 Å². The molecule has 4 rings (SSSR count). The van der Waals surface area contributed by atoms with E-state index in [-0.39, 0.29) is 18.5 Å². The Bertz CT molecular complexity index is 1290. The van der Waals surface area contributed by atoms with Gasteiger partial charge in [-0.25, -0.2) is 13.2 Å². The number of aliphatic hydroxyl groups excluding tert-OH is 1. The normalized spacial score (nSPS) is 12.9. The van der Waals surface area contributed by atoms with Gasteiger partial charge in [-0.05, 0) is 47.2 Å². The Balaban J connectivity index is 1.54. The summed E-state index contributed by atoms with van der Waals surface area (Å²) in [5.74, 6) is -2.46. The van der Waals surface area contributed by atoms with Crippen LogP contribution in [0.3, 0.4) is 0 Å². The number of rotatable bonds is 9. The fourth-order valence-electron chi connectivity index (χ4n) is 4.07. The van der Waals surface area contributed by atoms with Gasteiger partial charge >= 0.3 is 0 Å². The number of hydrogen-bond donors (Lipinski definition) is 3. The Morgan fingerprint density at radius 3 is 2.17 bits per heavy atom. The van der Waals surface area contributed by atoms with Gasteiger partial charge in [0.2, 0.25) is 0 Å². The van der Waals surface area contributed by atoms with Crippen molar-refractivity contribution in [1.82, 2.24) is 10.6 Å². The zero-order valence-corrected chi connectivity index (χ0v) is 18.8. The molecule has 4 aromatic carbocycles. The van der Waals surface area contributed by atoms with E-state index in [4.69, 9.17) is 0 Å². The average Bonchev–Trinajstić information content (AvgIpc) is 2.84. The van der Waals surface area contributed by atoms with Crippen molar-refractivity contribution in [2.75, 3.05) is 6.54 Å². The van der Waals surface area contributed by atoms with E-state index in [2.05, 4.69) is 10.6 Å². The van der Waals surface area contributed by atoms with E-state index in [1.807, 2.05) is 30.3 Å². The number of halogens is 3. The summed E-state index contributed by atoms with van der Waals surface area (Å²) in [6.07, 6.45) is -1.08. The van der Waals surface area contributed by atoms with Gasteiger partial charge in [0.05, 0.1) is 12.1 Å². The Hall–Kier alpha value is -3.68. The number of nitrogens with one attached hydrogen (secondary N) is 2. The van der Waals surface area contributed by atoms with Crippen molar-refractivity contribution in [3.63, 3.8) is 0 Å². The number of amides is 1. The van der Waals surface area contributed by atoms with Gasteiger partial charge in [-0.2, -0.15) is 0 Å². The summed E-state index contributed by atoms with van der Waals surface area (Å²) in [5.41, 5.74) is 1.55. The van der Waals surface area contributed by atoms with Crippen LogP contribution in [0.25, 0.3) is 10.8 Å². The zero-order valence-electron chi connectivity index (χ0n) is 18.8. The Kier molecular flexibility index (Phi) is 7.80. The highest BCUT2D eigenvalue weighted by Gasteiger charge is 2.24. The molecular formula is C28H25F3N2O2. The average molecular weight is 479 g/mol. The lowest BCUT2D eigenvalue weighted by Gasteiger charge is -2.25. The molecule has 0 fully saturated rings. The van der Waals surface area contributed by atoms with Crippen LogP contribution in [0.2, 0.25) is 0 Å². The maximum Gasteiger partial charge on any atom is 0.252 e. The SMILES string of the molecule is O=C(N[C@@H](Cc1cc(F)cc(F)c1)[C@@H](O)CNCc1ccccc1)c1ccc(F)c2ccccc12. The summed E-state index contributed by atoms with van der Waals surface area (Å²) in [6, 6.07) is 21.0. The topological polar surface area (TPSA) is 61.4 Å². The second kappa shape index (κ2) is 11.2. The molecule has 0 bridgehead atoms. The fraction of sp³-hybridized carbons (Fsp3) is 0.179. The molecular weight excluding hydrogens is 453 g/mol. The summed E-state index contributed by atoms with van der Waals surface area (Å²) >= 11 is 0.